The largest absolute Gasteiger partial charge is 0.465 e. The van der Waals surface area contributed by atoms with Crippen LogP contribution in [0.25, 0.3) is 0 Å². The van der Waals surface area contributed by atoms with E-state index in [1.54, 1.807) is 0 Å². The Bertz CT molecular complexity index is 121. The number of hydrogen-bond acceptors (Lipinski definition) is 2. The summed E-state index contributed by atoms with van der Waals surface area (Å²) in [5.74, 6) is 0.0141. The SMILES string of the molecule is CCCCCOC(=O)C(C)CC. The van der Waals surface area contributed by atoms with Crippen molar-refractivity contribution >= 4 is 5.97 Å². The van der Waals surface area contributed by atoms with Crippen LogP contribution in [0.4, 0.5) is 0 Å². The van der Waals surface area contributed by atoms with Crippen molar-refractivity contribution < 1.29 is 9.53 Å². The molecular weight excluding hydrogens is 152 g/mol. The molecule has 0 amide bonds. The summed E-state index contributed by atoms with van der Waals surface area (Å²) in [4.78, 5) is 11.1. The molecule has 0 fully saturated rings. The molecule has 0 saturated carbocycles. The lowest BCUT2D eigenvalue weighted by Gasteiger charge is -2.08. The number of esters is 1. The molecular formula is C10H20O2. The minimum atomic E-state index is -0.0476. The van der Waals surface area contributed by atoms with E-state index >= 15 is 0 Å². The van der Waals surface area contributed by atoms with Gasteiger partial charge in [0.05, 0.1) is 12.5 Å². The van der Waals surface area contributed by atoms with E-state index in [-0.39, 0.29) is 11.9 Å². The Kier molecular flexibility index (Phi) is 6.82. The molecule has 1 unspecified atom stereocenters. The van der Waals surface area contributed by atoms with Gasteiger partial charge in [0, 0.05) is 0 Å². The van der Waals surface area contributed by atoms with Crippen LogP contribution in [0.3, 0.4) is 0 Å². The number of unbranched alkanes of at least 4 members (excludes halogenated alkanes) is 2. The van der Waals surface area contributed by atoms with Crippen molar-refractivity contribution in [3.63, 3.8) is 0 Å². The van der Waals surface area contributed by atoms with Crippen LogP contribution in [0.5, 0.6) is 0 Å². The van der Waals surface area contributed by atoms with E-state index < -0.39 is 0 Å². The highest BCUT2D eigenvalue weighted by Crippen LogP contribution is 2.04. The monoisotopic (exact) mass is 172 g/mol. The topological polar surface area (TPSA) is 26.3 Å². The summed E-state index contributed by atoms with van der Waals surface area (Å²) in [5, 5.41) is 0. The maximum Gasteiger partial charge on any atom is 0.308 e. The molecule has 0 aromatic rings. The first-order valence-corrected chi connectivity index (χ1v) is 4.89. The third-order valence-electron chi connectivity index (χ3n) is 2.01. The average molecular weight is 172 g/mol. The van der Waals surface area contributed by atoms with E-state index in [2.05, 4.69) is 6.92 Å². The molecule has 1 atom stereocenters. The van der Waals surface area contributed by atoms with Gasteiger partial charge in [-0.1, -0.05) is 33.6 Å². The zero-order valence-corrected chi connectivity index (χ0v) is 8.43. The van der Waals surface area contributed by atoms with Crippen molar-refractivity contribution in [1.29, 1.82) is 0 Å². The third-order valence-corrected chi connectivity index (χ3v) is 2.01. The van der Waals surface area contributed by atoms with Gasteiger partial charge in [-0.05, 0) is 12.8 Å². The summed E-state index contributed by atoms with van der Waals surface area (Å²) in [7, 11) is 0. The van der Waals surface area contributed by atoms with E-state index in [0.717, 1.165) is 19.3 Å². The molecule has 0 spiro atoms. The second-order valence-corrected chi connectivity index (χ2v) is 3.18. The quantitative estimate of drug-likeness (QED) is 0.455. The van der Waals surface area contributed by atoms with Gasteiger partial charge in [0.1, 0.15) is 0 Å². The Labute approximate surface area is 75.3 Å². The molecule has 2 heteroatoms. The Hall–Kier alpha value is -0.530. The molecule has 0 aliphatic rings. The molecule has 0 N–H and O–H groups in total. The minimum Gasteiger partial charge on any atom is -0.465 e. The van der Waals surface area contributed by atoms with E-state index in [9.17, 15) is 4.79 Å². The van der Waals surface area contributed by atoms with Gasteiger partial charge in [0.15, 0.2) is 0 Å². The van der Waals surface area contributed by atoms with E-state index in [1.165, 1.54) is 6.42 Å². The summed E-state index contributed by atoms with van der Waals surface area (Å²) in [5.41, 5.74) is 0. The van der Waals surface area contributed by atoms with Crippen molar-refractivity contribution in [2.45, 2.75) is 46.5 Å². The first kappa shape index (κ1) is 11.5. The van der Waals surface area contributed by atoms with Crippen LogP contribution >= 0.6 is 0 Å². The maximum absolute atomic E-state index is 11.1. The molecule has 0 aliphatic carbocycles. The van der Waals surface area contributed by atoms with E-state index in [1.807, 2.05) is 13.8 Å². The highest BCUT2D eigenvalue weighted by Gasteiger charge is 2.10. The van der Waals surface area contributed by atoms with Gasteiger partial charge in [-0.25, -0.2) is 0 Å². The Morgan fingerprint density at radius 1 is 1.33 bits per heavy atom. The fourth-order valence-corrected chi connectivity index (χ4v) is 0.834. The molecule has 0 radical (unpaired) electrons. The lowest BCUT2D eigenvalue weighted by atomic mass is 10.1. The van der Waals surface area contributed by atoms with Crippen LogP contribution in [-0.2, 0) is 9.53 Å². The number of ether oxygens (including phenoxy) is 1. The van der Waals surface area contributed by atoms with Crippen molar-refractivity contribution in [3.05, 3.63) is 0 Å². The number of rotatable bonds is 6. The molecule has 0 aromatic heterocycles. The molecule has 72 valence electrons. The molecule has 2 nitrogen and oxygen atoms in total. The zero-order valence-electron chi connectivity index (χ0n) is 8.43. The Morgan fingerprint density at radius 3 is 2.50 bits per heavy atom. The van der Waals surface area contributed by atoms with Gasteiger partial charge in [0.25, 0.3) is 0 Å². The lowest BCUT2D eigenvalue weighted by Crippen LogP contribution is -2.14. The van der Waals surface area contributed by atoms with Gasteiger partial charge >= 0.3 is 5.97 Å². The van der Waals surface area contributed by atoms with Crippen molar-refractivity contribution in [2.75, 3.05) is 6.61 Å². The standard InChI is InChI=1S/C10H20O2/c1-4-6-7-8-12-10(11)9(3)5-2/h9H,4-8H2,1-3H3. The Morgan fingerprint density at radius 2 is 2.00 bits per heavy atom. The maximum atomic E-state index is 11.1. The summed E-state index contributed by atoms with van der Waals surface area (Å²) < 4.78 is 5.06. The second kappa shape index (κ2) is 7.14. The van der Waals surface area contributed by atoms with Crippen LogP contribution < -0.4 is 0 Å². The number of carbonyl (C=O) groups excluding carboxylic acids is 1. The van der Waals surface area contributed by atoms with E-state index in [4.69, 9.17) is 4.74 Å². The zero-order chi connectivity index (χ0) is 9.40. The van der Waals surface area contributed by atoms with Crippen molar-refractivity contribution in [1.82, 2.24) is 0 Å². The van der Waals surface area contributed by atoms with E-state index in [0.29, 0.717) is 6.61 Å². The molecule has 0 aliphatic heterocycles. The molecule has 0 bridgehead atoms. The van der Waals surface area contributed by atoms with Crippen LogP contribution in [-0.4, -0.2) is 12.6 Å². The Balaban J connectivity index is 3.31. The molecule has 12 heavy (non-hydrogen) atoms. The van der Waals surface area contributed by atoms with Crippen molar-refractivity contribution in [3.8, 4) is 0 Å². The van der Waals surface area contributed by atoms with Crippen LogP contribution in [0, 0.1) is 5.92 Å². The second-order valence-electron chi connectivity index (χ2n) is 3.18. The summed E-state index contributed by atoms with van der Waals surface area (Å²) in [6.45, 7) is 6.63. The first-order valence-electron chi connectivity index (χ1n) is 4.89. The minimum absolute atomic E-state index is 0.0476. The molecule has 0 saturated heterocycles. The van der Waals surface area contributed by atoms with Crippen LogP contribution in [0.15, 0.2) is 0 Å². The lowest BCUT2D eigenvalue weighted by molar-refractivity contribution is -0.148. The third kappa shape index (κ3) is 5.16. The van der Waals surface area contributed by atoms with Gasteiger partial charge < -0.3 is 4.74 Å². The van der Waals surface area contributed by atoms with Crippen LogP contribution in [0.2, 0.25) is 0 Å². The number of carbonyl (C=O) groups is 1. The molecule has 0 aromatic carbocycles. The highest BCUT2D eigenvalue weighted by molar-refractivity contribution is 5.71. The fraction of sp³-hybridized carbons (Fsp3) is 0.900. The van der Waals surface area contributed by atoms with Gasteiger partial charge in [0.2, 0.25) is 0 Å². The van der Waals surface area contributed by atoms with Crippen molar-refractivity contribution in [2.24, 2.45) is 5.92 Å². The summed E-state index contributed by atoms with van der Waals surface area (Å²) in [6, 6.07) is 0. The smallest absolute Gasteiger partial charge is 0.308 e. The average Bonchev–Trinajstić information content (AvgIpc) is 2.10. The predicted octanol–water partition coefficient (Wildman–Crippen LogP) is 2.77. The summed E-state index contributed by atoms with van der Waals surface area (Å²) in [6.07, 6.45) is 4.18. The van der Waals surface area contributed by atoms with Gasteiger partial charge in [-0.15, -0.1) is 0 Å². The van der Waals surface area contributed by atoms with Gasteiger partial charge in [-0.2, -0.15) is 0 Å². The van der Waals surface area contributed by atoms with Gasteiger partial charge in [-0.3, -0.25) is 4.79 Å². The van der Waals surface area contributed by atoms with Crippen LogP contribution in [0.1, 0.15) is 46.5 Å². The number of hydrogen-bond donors (Lipinski definition) is 0. The highest BCUT2D eigenvalue weighted by atomic mass is 16.5. The normalized spacial score (nSPS) is 12.6. The first-order chi connectivity index (χ1) is 5.72. The molecule has 0 heterocycles. The summed E-state index contributed by atoms with van der Waals surface area (Å²) >= 11 is 0. The predicted molar refractivity (Wildman–Crippen MR) is 49.9 cm³/mol. The molecule has 0 rings (SSSR count). The fourth-order valence-electron chi connectivity index (χ4n) is 0.834.